The zero-order chi connectivity index (χ0) is 63.2. The summed E-state index contributed by atoms with van der Waals surface area (Å²) in [4.78, 5) is 40.0. The molecule has 0 fully saturated rings. The minimum Gasteiger partial charge on any atom is -0.411 e. The Morgan fingerprint density at radius 3 is 1.51 bits per heavy atom. The van der Waals surface area contributed by atoms with E-state index in [1.165, 1.54) is 18.5 Å². The lowest BCUT2D eigenvalue weighted by Crippen LogP contribution is -2.03. The van der Waals surface area contributed by atoms with Crippen molar-refractivity contribution < 1.29 is 10.4 Å². The number of rotatable bonds is 15. The van der Waals surface area contributed by atoms with Gasteiger partial charge in [-0.25, -0.2) is 4.98 Å². The summed E-state index contributed by atoms with van der Waals surface area (Å²) in [5.41, 5.74) is 16.2. The van der Waals surface area contributed by atoms with Gasteiger partial charge in [-0.15, -0.1) is 24.7 Å². The van der Waals surface area contributed by atoms with Crippen LogP contribution in [0.2, 0.25) is 0 Å². The second-order valence-electron chi connectivity index (χ2n) is 19.3. The first-order valence-electron chi connectivity index (χ1n) is 28.9. The third kappa shape index (κ3) is 21.6. The van der Waals surface area contributed by atoms with Crippen molar-refractivity contribution in [2.75, 3.05) is 42.1 Å². The number of benzene rings is 5. The summed E-state index contributed by atoms with van der Waals surface area (Å²) in [6.07, 6.45) is 26.7. The second-order valence-corrected chi connectivity index (χ2v) is 20.2. The van der Waals surface area contributed by atoms with Crippen molar-refractivity contribution in [2.45, 2.75) is 38.5 Å². The molecule has 12 rings (SSSR count). The maximum atomic E-state index is 11.2. The molecule has 7 heterocycles. The molecule has 0 bridgehead atoms. The number of para-hydroxylation sites is 5. The Hall–Kier alpha value is -11.3. The number of hydrogen-bond acceptors (Lipinski definition) is 15. The monoisotopic (exact) mass is 1250 g/mol. The number of nitrogens with zero attached hydrogens (tertiary/aromatic N) is 8. The van der Waals surface area contributed by atoms with Crippen LogP contribution in [-0.4, -0.2) is 83.9 Å². The highest BCUT2D eigenvalue weighted by Gasteiger charge is 2.04. The SMILES string of the molecule is Brc1ccnc2ccccc12.C#CCCN.C#CCCNc1ccnc2ccccc12.O/N=C\c1cccc(C#CCCNc2ccnc3ccccc23)n1.O/N=C\c1cccc(CCCCNc2ccnc3ccccc23)n1.O=c1cc[nH]c2ccccc12. The highest BCUT2D eigenvalue weighted by atomic mass is 79.9. The summed E-state index contributed by atoms with van der Waals surface area (Å²) in [7, 11) is 0. The zero-order valence-corrected chi connectivity index (χ0v) is 51.1. The number of H-pyrrole nitrogens is 1. The van der Waals surface area contributed by atoms with E-state index < -0.39 is 0 Å². The number of fused-ring (bicyclic) bond motifs is 5. The van der Waals surface area contributed by atoms with Crippen LogP contribution in [0.3, 0.4) is 0 Å². The molecule has 16 nitrogen and oxygen atoms in total. The fourth-order valence-corrected chi connectivity index (χ4v) is 9.23. The quantitative estimate of drug-likeness (QED) is 0.0166. The van der Waals surface area contributed by atoms with Crippen molar-refractivity contribution >= 4 is 99.9 Å². The minimum absolute atomic E-state index is 0.0688. The van der Waals surface area contributed by atoms with Crippen LogP contribution in [0.5, 0.6) is 0 Å². The summed E-state index contributed by atoms with van der Waals surface area (Å²) in [5, 5.41) is 38.5. The van der Waals surface area contributed by atoms with E-state index in [0.717, 1.165) is 127 Å². The van der Waals surface area contributed by atoms with Gasteiger partial charge in [0, 0.05) is 142 Å². The van der Waals surface area contributed by atoms with Gasteiger partial charge < -0.3 is 37.1 Å². The van der Waals surface area contributed by atoms with E-state index in [1.807, 2.05) is 164 Å². The van der Waals surface area contributed by atoms with Gasteiger partial charge in [0.05, 0.1) is 45.9 Å². The predicted octanol–water partition coefficient (Wildman–Crippen LogP) is 14.3. The van der Waals surface area contributed by atoms with Crippen LogP contribution in [-0.2, 0) is 6.42 Å². The van der Waals surface area contributed by atoms with Gasteiger partial charge in [-0.3, -0.25) is 29.7 Å². The van der Waals surface area contributed by atoms with E-state index in [4.69, 9.17) is 29.0 Å². The Labute approximate surface area is 532 Å². The fourth-order valence-electron chi connectivity index (χ4n) is 8.77. The molecule has 0 aliphatic rings. The number of terminal acetylenes is 2. The topological polar surface area (TPSA) is 237 Å². The molecule has 90 heavy (non-hydrogen) atoms. The van der Waals surface area contributed by atoms with Gasteiger partial charge in [0.15, 0.2) is 5.43 Å². The van der Waals surface area contributed by atoms with E-state index >= 15 is 0 Å². The minimum atomic E-state index is 0.0688. The number of oxime groups is 2. The second kappa shape index (κ2) is 38.0. The first-order chi connectivity index (χ1) is 44.3. The van der Waals surface area contributed by atoms with Gasteiger partial charge in [-0.2, -0.15) is 0 Å². The molecule has 5 aromatic carbocycles. The van der Waals surface area contributed by atoms with E-state index in [1.54, 1.807) is 30.9 Å². The molecule has 8 N–H and O–H groups in total. The van der Waals surface area contributed by atoms with Crippen LogP contribution < -0.4 is 27.1 Å². The Balaban J connectivity index is 0.000000162. The Kier molecular flexibility index (Phi) is 28.0. The molecular formula is C73H68BrN13O3. The summed E-state index contributed by atoms with van der Waals surface area (Å²) in [6, 6.07) is 60.3. The zero-order valence-electron chi connectivity index (χ0n) is 49.5. The standard InChI is InChI=1S/C19H20N4O.C19H16N4O.C13H12N2.C9H6BrN.C9H7NO.C4H7N/c2*24-22-14-16-8-5-7-15(23-16)6-3-4-12-20-19-11-13-21-18-10-2-1-9-17(18)19;1-2-3-9-14-13-8-10-15-12-7-5-4-6-11(12)13;10-8-5-6-11-9-4-2-1-3-7(8)9;11-9-5-6-10-8-4-2-1-3-7(8)9;1-2-3-4-5/h1-2,5,7-11,13-14,24H,3-4,6,12H2,(H,20,21);1-2,5,7-11,13-14,24H,4,12H2,(H,20,21);1,4-8,10H,3,9H2,(H,14,15);1-6H;1-6H,(H,10,11);1H,3-5H2/b2*22-14-;;;;. The first kappa shape index (κ1) is 66.2. The largest absolute Gasteiger partial charge is 0.411 e. The molecule has 0 atom stereocenters. The molecule has 0 unspecified atom stereocenters. The molecule has 0 saturated carbocycles. The van der Waals surface area contributed by atoms with E-state index in [2.05, 4.69) is 119 Å². The van der Waals surface area contributed by atoms with Crippen LogP contribution in [0, 0.1) is 36.5 Å². The first-order valence-corrected chi connectivity index (χ1v) is 29.7. The number of unbranched alkanes of at least 4 members (excludes halogenated alkanes) is 1. The molecule has 0 radical (unpaired) electrons. The van der Waals surface area contributed by atoms with E-state index in [0.29, 0.717) is 36.5 Å². The van der Waals surface area contributed by atoms with Gasteiger partial charge in [-0.1, -0.05) is 129 Å². The van der Waals surface area contributed by atoms with Crippen LogP contribution in [0.15, 0.2) is 239 Å². The van der Waals surface area contributed by atoms with Crippen molar-refractivity contribution in [3.05, 3.63) is 257 Å². The van der Waals surface area contributed by atoms with Gasteiger partial charge in [0.2, 0.25) is 0 Å². The van der Waals surface area contributed by atoms with Gasteiger partial charge in [0.25, 0.3) is 0 Å². The number of aromatic amines is 1. The van der Waals surface area contributed by atoms with Crippen molar-refractivity contribution in [3.63, 3.8) is 0 Å². The maximum Gasteiger partial charge on any atom is 0.189 e. The summed E-state index contributed by atoms with van der Waals surface area (Å²) >= 11 is 3.46. The molecule has 7 aromatic heterocycles. The maximum absolute atomic E-state index is 11.2. The molecule has 0 amide bonds. The third-order valence-electron chi connectivity index (χ3n) is 13.0. The highest BCUT2D eigenvalue weighted by Crippen LogP contribution is 2.24. The summed E-state index contributed by atoms with van der Waals surface area (Å²) < 4.78 is 1.10. The van der Waals surface area contributed by atoms with E-state index in [9.17, 15) is 4.79 Å². The lowest BCUT2D eigenvalue weighted by molar-refractivity contribution is 0.321. The van der Waals surface area contributed by atoms with Gasteiger partial charge in [0.1, 0.15) is 5.69 Å². The molecular weight excluding hydrogens is 1190 g/mol. The molecule has 0 spiro atoms. The molecule has 0 aliphatic heterocycles. The van der Waals surface area contributed by atoms with Crippen molar-refractivity contribution in [1.29, 1.82) is 0 Å². The Morgan fingerprint density at radius 1 is 0.511 bits per heavy atom. The molecule has 17 heteroatoms. The lowest BCUT2D eigenvalue weighted by Gasteiger charge is -2.09. The average molecular weight is 1260 g/mol. The number of nitrogens with two attached hydrogens (primary N) is 1. The average Bonchev–Trinajstić information content (AvgIpc) is 3.20. The number of halogens is 1. The lowest BCUT2D eigenvalue weighted by atomic mass is 10.1. The number of aryl methyl sites for hydroxylation is 1. The molecule has 12 aromatic rings. The Bertz CT molecular complexity index is 4450. The number of nitrogens with one attached hydrogen (secondary N) is 4. The number of aromatic nitrogens is 7. The molecule has 0 aliphatic carbocycles. The number of pyridine rings is 7. The summed E-state index contributed by atoms with van der Waals surface area (Å²) in [5.74, 6) is 11.1. The van der Waals surface area contributed by atoms with E-state index in [-0.39, 0.29) is 5.43 Å². The van der Waals surface area contributed by atoms with Crippen LogP contribution in [0.25, 0.3) is 54.5 Å². The van der Waals surface area contributed by atoms with Crippen molar-refractivity contribution in [3.8, 4) is 36.5 Å². The predicted molar refractivity (Wildman–Crippen MR) is 372 cm³/mol. The smallest absolute Gasteiger partial charge is 0.189 e. The number of anilines is 3. The number of hydrogen-bond donors (Lipinski definition) is 7. The fraction of sp³-hybridized carbons (Fsp3) is 0.137. The third-order valence-corrected chi connectivity index (χ3v) is 13.7. The normalized spacial score (nSPS) is 10.3. The molecule has 0 saturated heterocycles. The van der Waals surface area contributed by atoms with Crippen molar-refractivity contribution in [1.82, 2.24) is 34.9 Å². The van der Waals surface area contributed by atoms with Gasteiger partial charge in [-0.05, 0) is 110 Å². The molecule has 450 valence electrons. The highest BCUT2D eigenvalue weighted by molar-refractivity contribution is 9.10. The van der Waals surface area contributed by atoms with Crippen molar-refractivity contribution in [2.24, 2.45) is 16.0 Å². The van der Waals surface area contributed by atoms with Gasteiger partial charge >= 0.3 is 0 Å². The van der Waals surface area contributed by atoms with Crippen LogP contribution in [0.4, 0.5) is 17.1 Å². The van der Waals surface area contributed by atoms with Crippen LogP contribution in [0.1, 0.15) is 54.9 Å². The van der Waals surface area contributed by atoms with Crippen LogP contribution >= 0.6 is 15.9 Å². The summed E-state index contributed by atoms with van der Waals surface area (Å²) in [6.45, 7) is 3.05. The Morgan fingerprint density at radius 2 is 0.989 bits per heavy atom.